The Bertz CT molecular complexity index is 185. The Balaban J connectivity index is 2.20. The molecular weight excluding hydrogens is 208 g/mol. The summed E-state index contributed by atoms with van der Waals surface area (Å²) in [5.41, 5.74) is 0.406. The Labute approximate surface area is 108 Å². The van der Waals surface area contributed by atoms with E-state index in [1.807, 2.05) is 0 Å². The SMILES string of the molecule is CCCCC(CC)CNCC1(CC)CCCN1. The molecule has 2 heteroatoms. The topological polar surface area (TPSA) is 24.1 Å². The number of rotatable bonds is 9. The van der Waals surface area contributed by atoms with Crippen LogP contribution in [0.4, 0.5) is 0 Å². The van der Waals surface area contributed by atoms with Crippen molar-refractivity contribution in [3.05, 3.63) is 0 Å². The van der Waals surface area contributed by atoms with Crippen molar-refractivity contribution in [2.24, 2.45) is 5.92 Å². The number of hydrogen-bond donors (Lipinski definition) is 2. The van der Waals surface area contributed by atoms with Gasteiger partial charge in [0, 0.05) is 12.1 Å². The van der Waals surface area contributed by atoms with Gasteiger partial charge in [0.15, 0.2) is 0 Å². The van der Waals surface area contributed by atoms with E-state index in [9.17, 15) is 0 Å². The highest BCUT2D eigenvalue weighted by atomic mass is 15.1. The largest absolute Gasteiger partial charge is 0.315 e. The maximum absolute atomic E-state index is 3.72. The zero-order valence-corrected chi connectivity index (χ0v) is 12.1. The Hall–Kier alpha value is -0.0800. The normalized spacial score (nSPS) is 26.3. The van der Waals surface area contributed by atoms with E-state index in [1.54, 1.807) is 0 Å². The lowest BCUT2D eigenvalue weighted by molar-refractivity contribution is 0.320. The second-order valence-electron chi connectivity index (χ2n) is 5.71. The highest BCUT2D eigenvalue weighted by molar-refractivity contribution is 4.93. The zero-order valence-electron chi connectivity index (χ0n) is 12.1. The molecule has 1 heterocycles. The van der Waals surface area contributed by atoms with E-state index < -0.39 is 0 Å². The molecule has 0 aromatic rings. The first kappa shape index (κ1) is 15.0. The molecule has 0 bridgehead atoms. The van der Waals surface area contributed by atoms with Crippen molar-refractivity contribution >= 4 is 0 Å². The fourth-order valence-electron chi connectivity index (χ4n) is 2.91. The molecule has 0 aromatic heterocycles. The first-order chi connectivity index (χ1) is 8.26. The molecule has 0 saturated carbocycles. The average molecular weight is 240 g/mol. The molecule has 2 atom stereocenters. The molecular formula is C15H32N2. The summed E-state index contributed by atoms with van der Waals surface area (Å²) in [4.78, 5) is 0. The van der Waals surface area contributed by atoms with Gasteiger partial charge in [-0.3, -0.25) is 0 Å². The van der Waals surface area contributed by atoms with Gasteiger partial charge < -0.3 is 10.6 Å². The molecule has 0 aromatic carbocycles. The molecule has 0 spiro atoms. The van der Waals surface area contributed by atoms with E-state index in [1.165, 1.54) is 58.0 Å². The highest BCUT2D eigenvalue weighted by Crippen LogP contribution is 2.22. The first-order valence-corrected chi connectivity index (χ1v) is 7.72. The van der Waals surface area contributed by atoms with E-state index in [2.05, 4.69) is 31.4 Å². The number of hydrogen-bond acceptors (Lipinski definition) is 2. The van der Waals surface area contributed by atoms with Crippen LogP contribution in [0.15, 0.2) is 0 Å². The zero-order chi connectivity index (χ0) is 12.6. The summed E-state index contributed by atoms with van der Waals surface area (Å²) in [6, 6.07) is 0. The van der Waals surface area contributed by atoms with Crippen molar-refractivity contribution in [3.63, 3.8) is 0 Å². The van der Waals surface area contributed by atoms with Gasteiger partial charge in [-0.15, -0.1) is 0 Å². The van der Waals surface area contributed by atoms with Crippen LogP contribution in [0.3, 0.4) is 0 Å². The molecule has 2 nitrogen and oxygen atoms in total. The summed E-state index contributed by atoms with van der Waals surface area (Å²) in [6.07, 6.45) is 9.39. The van der Waals surface area contributed by atoms with Gasteiger partial charge in [0.1, 0.15) is 0 Å². The predicted octanol–water partition coefficient (Wildman–Crippen LogP) is 3.32. The molecule has 1 fully saturated rings. The van der Waals surface area contributed by atoms with Crippen molar-refractivity contribution in [2.45, 2.75) is 71.3 Å². The first-order valence-electron chi connectivity index (χ1n) is 7.72. The average Bonchev–Trinajstić information content (AvgIpc) is 2.83. The van der Waals surface area contributed by atoms with Gasteiger partial charge in [-0.05, 0) is 44.7 Å². The molecule has 17 heavy (non-hydrogen) atoms. The van der Waals surface area contributed by atoms with Crippen LogP contribution >= 0.6 is 0 Å². The molecule has 1 saturated heterocycles. The Morgan fingerprint density at radius 2 is 2.12 bits per heavy atom. The Morgan fingerprint density at radius 3 is 2.65 bits per heavy atom. The van der Waals surface area contributed by atoms with Crippen molar-refractivity contribution in [1.29, 1.82) is 0 Å². The summed E-state index contributed by atoms with van der Waals surface area (Å²) >= 11 is 0. The van der Waals surface area contributed by atoms with Gasteiger partial charge in [0.25, 0.3) is 0 Å². The lowest BCUT2D eigenvalue weighted by Crippen LogP contribution is -2.48. The minimum Gasteiger partial charge on any atom is -0.315 e. The third kappa shape index (κ3) is 4.97. The quantitative estimate of drug-likeness (QED) is 0.646. The third-order valence-corrected chi connectivity index (χ3v) is 4.45. The van der Waals surface area contributed by atoms with Crippen molar-refractivity contribution in [1.82, 2.24) is 10.6 Å². The van der Waals surface area contributed by atoms with Crippen LogP contribution in [-0.4, -0.2) is 25.2 Å². The van der Waals surface area contributed by atoms with E-state index in [0.717, 1.165) is 12.5 Å². The standard InChI is InChI=1S/C15H32N2/c1-4-7-9-14(5-2)12-16-13-15(6-3)10-8-11-17-15/h14,16-17H,4-13H2,1-3H3. The van der Waals surface area contributed by atoms with E-state index in [0.29, 0.717) is 5.54 Å². The van der Waals surface area contributed by atoms with Gasteiger partial charge in [-0.1, -0.05) is 40.0 Å². The van der Waals surface area contributed by atoms with E-state index in [4.69, 9.17) is 0 Å². The molecule has 2 unspecified atom stereocenters. The van der Waals surface area contributed by atoms with Crippen molar-refractivity contribution in [3.8, 4) is 0 Å². The summed E-state index contributed by atoms with van der Waals surface area (Å²) < 4.78 is 0. The predicted molar refractivity (Wildman–Crippen MR) is 76.4 cm³/mol. The maximum Gasteiger partial charge on any atom is 0.0304 e. The third-order valence-electron chi connectivity index (χ3n) is 4.45. The van der Waals surface area contributed by atoms with Gasteiger partial charge in [0.05, 0.1) is 0 Å². The molecule has 1 rings (SSSR count). The van der Waals surface area contributed by atoms with Crippen LogP contribution in [0.1, 0.15) is 65.7 Å². The molecule has 0 aliphatic carbocycles. The van der Waals surface area contributed by atoms with Crippen molar-refractivity contribution < 1.29 is 0 Å². The number of unbranched alkanes of at least 4 members (excludes halogenated alkanes) is 1. The van der Waals surface area contributed by atoms with Gasteiger partial charge in [-0.2, -0.15) is 0 Å². The molecule has 2 N–H and O–H groups in total. The van der Waals surface area contributed by atoms with E-state index >= 15 is 0 Å². The van der Waals surface area contributed by atoms with Gasteiger partial charge in [-0.25, -0.2) is 0 Å². The van der Waals surface area contributed by atoms with Crippen LogP contribution in [0.5, 0.6) is 0 Å². The summed E-state index contributed by atoms with van der Waals surface area (Å²) in [5.74, 6) is 0.880. The highest BCUT2D eigenvalue weighted by Gasteiger charge is 2.30. The lowest BCUT2D eigenvalue weighted by atomic mass is 9.93. The monoisotopic (exact) mass is 240 g/mol. The van der Waals surface area contributed by atoms with Crippen LogP contribution in [0, 0.1) is 5.92 Å². The second-order valence-corrected chi connectivity index (χ2v) is 5.71. The second kappa shape index (κ2) is 8.10. The maximum atomic E-state index is 3.72. The van der Waals surface area contributed by atoms with Crippen LogP contribution < -0.4 is 10.6 Å². The fourth-order valence-corrected chi connectivity index (χ4v) is 2.91. The Morgan fingerprint density at radius 1 is 1.29 bits per heavy atom. The lowest BCUT2D eigenvalue weighted by Gasteiger charge is -2.29. The number of nitrogens with one attached hydrogen (secondary N) is 2. The molecule has 1 aliphatic rings. The molecule has 0 radical (unpaired) electrons. The van der Waals surface area contributed by atoms with E-state index in [-0.39, 0.29) is 0 Å². The molecule has 0 amide bonds. The summed E-state index contributed by atoms with van der Waals surface area (Å²) in [5, 5.41) is 7.41. The Kier molecular flexibility index (Phi) is 7.14. The summed E-state index contributed by atoms with van der Waals surface area (Å²) in [6.45, 7) is 10.5. The van der Waals surface area contributed by atoms with Crippen LogP contribution in [0.25, 0.3) is 0 Å². The van der Waals surface area contributed by atoms with Crippen LogP contribution in [0.2, 0.25) is 0 Å². The smallest absolute Gasteiger partial charge is 0.0304 e. The minimum atomic E-state index is 0.406. The summed E-state index contributed by atoms with van der Waals surface area (Å²) in [7, 11) is 0. The fraction of sp³-hybridized carbons (Fsp3) is 1.00. The van der Waals surface area contributed by atoms with Crippen molar-refractivity contribution in [2.75, 3.05) is 19.6 Å². The van der Waals surface area contributed by atoms with Gasteiger partial charge >= 0.3 is 0 Å². The molecule has 1 aliphatic heterocycles. The molecule has 102 valence electrons. The van der Waals surface area contributed by atoms with Gasteiger partial charge in [0.2, 0.25) is 0 Å². The minimum absolute atomic E-state index is 0.406. The van der Waals surface area contributed by atoms with Crippen LogP contribution in [-0.2, 0) is 0 Å².